The second-order valence-electron chi connectivity index (χ2n) is 5.53. The normalized spacial score (nSPS) is 11.0. The van der Waals surface area contributed by atoms with Crippen LogP contribution in [0.1, 0.15) is 16.2 Å². The second kappa shape index (κ2) is 6.72. The number of hydrogen-bond donors (Lipinski definition) is 2. The molecule has 136 valence electrons. The summed E-state index contributed by atoms with van der Waals surface area (Å²) in [5.41, 5.74) is 6.25. The third-order valence-electron chi connectivity index (χ3n) is 3.72. The number of nitrogens with two attached hydrogens (primary N) is 1. The molecule has 1 amide bonds. The first-order valence-electron chi connectivity index (χ1n) is 7.72. The topological polar surface area (TPSA) is 107 Å². The van der Waals surface area contributed by atoms with Crippen molar-refractivity contribution >= 4 is 32.6 Å². The fourth-order valence-electron chi connectivity index (χ4n) is 2.48. The first-order chi connectivity index (χ1) is 13.0. The van der Waals surface area contributed by atoms with Gasteiger partial charge in [0.05, 0.1) is 16.8 Å². The van der Waals surface area contributed by atoms with Gasteiger partial charge in [0.25, 0.3) is 11.8 Å². The van der Waals surface area contributed by atoms with E-state index >= 15 is 0 Å². The fourth-order valence-corrected chi connectivity index (χ4v) is 3.19. The molecule has 0 aliphatic heterocycles. The highest BCUT2D eigenvalue weighted by Crippen LogP contribution is 2.25. The van der Waals surface area contributed by atoms with Crippen LogP contribution >= 0.6 is 11.3 Å². The third kappa shape index (κ3) is 3.34. The summed E-state index contributed by atoms with van der Waals surface area (Å²) in [5.74, 6) is -2.23. The van der Waals surface area contributed by atoms with E-state index in [2.05, 4.69) is 20.4 Å². The van der Waals surface area contributed by atoms with Crippen LogP contribution in [0.5, 0.6) is 0 Å². The van der Waals surface area contributed by atoms with E-state index in [9.17, 15) is 13.6 Å². The van der Waals surface area contributed by atoms with Crippen LogP contribution in [-0.4, -0.2) is 21.0 Å². The number of hydrogen-bond acceptors (Lipinski definition) is 7. The molecule has 0 saturated heterocycles. The van der Waals surface area contributed by atoms with Crippen molar-refractivity contribution in [3.63, 3.8) is 0 Å². The van der Waals surface area contributed by atoms with E-state index in [1.807, 2.05) is 0 Å². The van der Waals surface area contributed by atoms with Gasteiger partial charge in [-0.1, -0.05) is 22.6 Å². The van der Waals surface area contributed by atoms with Gasteiger partial charge in [0.2, 0.25) is 0 Å². The third-order valence-corrected chi connectivity index (χ3v) is 4.58. The van der Waals surface area contributed by atoms with Crippen molar-refractivity contribution in [1.82, 2.24) is 20.4 Å². The van der Waals surface area contributed by atoms with Crippen molar-refractivity contribution in [3.8, 4) is 11.5 Å². The number of nitrogens with one attached hydrogen (secondary N) is 1. The van der Waals surface area contributed by atoms with Crippen LogP contribution in [0.15, 0.2) is 40.9 Å². The molecule has 0 fully saturated rings. The molecule has 0 saturated carbocycles. The predicted molar refractivity (Wildman–Crippen MR) is 94.9 cm³/mol. The zero-order chi connectivity index (χ0) is 19.0. The SMILES string of the molecule is Nc1nc2cc(C(=O)NCc3noc(-c4c(F)cccc4F)n3)ccc2s1. The van der Waals surface area contributed by atoms with Crippen molar-refractivity contribution in [2.45, 2.75) is 6.54 Å². The first kappa shape index (κ1) is 17.0. The van der Waals surface area contributed by atoms with E-state index in [1.165, 1.54) is 17.4 Å². The highest BCUT2D eigenvalue weighted by atomic mass is 32.1. The molecular weight excluding hydrogens is 376 g/mol. The number of carbonyl (C=O) groups excluding carboxylic acids is 1. The monoisotopic (exact) mass is 387 g/mol. The van der Waals surface area contributed by atoms with E-state index in [4.69, 9.17) is 10.3 Å². The first-order valence-corrected chi connectivity index (χ1v) is 8.54. The number of rotatable bonds is 4. The Labute approximate surface area is 154 Å². The maximum atomic E-state index is 13.8. The summed E-state index contributed by atoms with van der Waals surface area (Å²) >= 11 is 1.33. The molecule has 0 aliphatic carbocycles. The summed E-state index contributed by atoms with van der Waals surface area (Å²) in [6, 6.07) is 8.43. The van der Waals surface area contributed by atoms with Gasteiger partial charge in [0.15, 0.2) is 11.0 Å². The average molecular weight is 387 g/mol. The highest BCUT2D eigenvalue weighted by Gasteiger charge is 2.18. The standard InChI is InChI=1S/C17H11F2N5O2S/c18-9-2-1-3-10(19)14(9)16-23-13(24-26-16)7-21-15(25)8-4-5-12-11(6-8)22-17(20)27-12/h1-6H,7H2,(H2,20,22)(H,21,25). The van der Waals surface area contributed by atoms with Gasteiger partial charge < -0.3 is 15.6 Å². The van der Waals surface area contributed by atoms with Gasteiger partial charge in [0.1, 0.15) is 17.2 Å². The second-order valence-corrected chi connectivity index (χ2v) is 6.59. The molecule has 2 aromatic carbocycles. The average Bonchev–Trinajstić information content (AvgIpc) is 3.24. The van der Waals surface area contributed by atoms with Gasteiger partial charge in [-0.3, -0.25) is 4.79 Å². The Hall–Kier alpha value is -3.40. The van der Waals surface area contributed by atoms with Gasteiger partial charge in [-0.15, -0.1) is 0 Å². The maximum Gasteiger partial charge on any atom is 0.263 e. The summed E-state index contributed by atoms with van der Waals surface area (Å²) < 4.78 is 33.3. The van der Waals surface area contributed by atoms with E-state index in [0.29, 0.717) is 16.2 Å². The van der Waals surface area contributed by atoms with Gasteiger partial charge in [-0.2, -0.15) is 4.98 Å². The van der Waals surface area contributed by atoms with Crippen molar-refractivity contribution in [2.75, 3.05) is 5.73 Å². The molecule has 4 rings (SSSR count). The molecule has 0 aliphatic rings. The number of aromatic nitrogens is 3. The highest BCUT2D eigenvalue weighted by molar-refractivity contribution is 7.22. The summed E-state index contributed by atoms with van der Waals surface area (Å²) in [6.07, 6.45) is 0. The van der Waals surface area contributed by atoms with Crippen LogP contribution in [0, 0.1) is 11.6 Å². The quantitative estimate of drug-likeness (QED) is 0.557. The van der Waals surface area contributed by atoms with Crippen LogP contribution in [0.4, 0.5) is 13.9 Å². The minimum absolute atomic E-state index is 0.0738. The lowest BCUT2D eigenvalue weighted by Crippen LogP contribution is -2.23. The Bertz CT molecular complexity index is 1140. The summed E-state index contributed by atoms with van der Waals surface area (Å²) in [4.78, 5) is 20.3. The zero-order valence-electron chi connectivity index (χ0n) is 13.6. The Morgan fingerprint density at radius 1 is 1.19 bits per heavy atom. The molecule has 2 aromatic heterocycles. The molecule has 2 heterocycles. The molecule has 0 bridgehead atoms. The summed E-state index contributed by atoms with van der Waals surface area (Å²) in [6.45, 7) is -0.0738. The fraction of sp³-hybridized carbons (Fsp3) is 0.0588. The molecule has 0 radical (unpaired) electrons. The lowest BCUT2D eigenvalue weighted by molar-refractivity contribution is 0.0949. The number of nitrogens with zero attached hydrogens (tertiary/aromatic N) is 3. The number of halogens is 2. The summed E-state index contributed by atoms with van der Waals surface area (Å²) in [5, 5.41) is 6.66. The Morgan fingerprint density at radius 2 is 1.96 bits per heavy atom. The maximum absolute atomic E-state index is 13.8. The minimum Gasteiger partial charge on any atom is -0.375 e. The van der Waals surface area contributed by atoms with Crippen LogP contribution in [0.25, 0.3) is 21.7 Å². The van der Waals surface area contributed by atoms with Crippen LogP contribution in [0.2, 0.25) is 0 Å². The van der Waals surface area contributed by atoms with Gasteiger partial charge in [-0.05, 0) is 30.3 Å². The van der Waals surface area contributed by atoms with Crippen molar-refractivity contribution < 1.29 is 18.1 Å². The molecule has 3 N–H and O–H groups in total. The molecule has 0 spiro atoms. The zero-order valence-corrected chi connectivity index (χ0v) is 14.4. The minimum atomic E-state index is -0.815. The molecule has 10 heteroatoms. The molecule has 0 unspecified atom stereocenters. The Kier molecular flexibility index (Phi) is 4.24. The van der Waals surface area contributed by atoms with Gasteiger partial charge >= 0.3 is 0 Å². The largest absolute Gasteiger partial charge is 0.375 e. The van der Waals surface area contributed by atoms with Crippen LogP contribution in [-0.2, 0) is 6.54 Å². The van der Waals surface area contributed by atoms with E-state index in [1.54, 1.807) is 18.2 Å². The predicted octanol–water partition coefficient (Wildman–Crippen LogP) is 3.14. The molecule has 7 nitrogen and oxygen atoms in total. The van der Waals surface area contributed by atoms with Crippen LogP contribution in [0.3, 0.4) is 0 Å². The molecule has 27 heavy (non-hydrogen) atoms. The number of benzene rings is 2. The van der Waals surface area contributed by atoms with Crippen molar-refractivity contribution in [1.29, 1.82) is 0 Å². The van der Waals surface area contributed by atoms with Gasteiger partial charge in [-0.25, -0.2) is 13.8 Å². The van der Waals surface area contributed by atoms with E-state index < -0.39 is 17.2 Å². The smallest absolute Gasteiger partial charge is 0.263 e. The summed E-state index contributed by atoms with van der Waals surface area (Å²) in [7, 11) is 0. The van der Waals surface area contributed by atoms with E-state index in [0.717, 1.165) is 16.8 Å². The van der Waals surface area contributed by atoms with Crippen molar-refractivity contribution in [3.05, 3.63) is 59.4 Å². The number of anilines is 1. The number of fused-ring (bicyclic) bond motifs is 1. The molecular formula is C17H11F2N5O2S. The molecule has 4 aromatic rings. The van der Waals surface area contributed by atoms with Gasteiger partial charge in [0, 0.05) is 5.56 Å². The number of thiazole rings is 1. The Morgan fingerprint density at radius 3 is 2.74 bits per heavy atom. The molecule has 0 atom stereocenters. The van der Waals surface area contributed by atoms with Crippen LogP contribution < -0.4 is 11.1 Å². The van der Waals surface area contributed by atoms with Crippen molar-refractivity contribution in [2.24, 2.45) is 0 Å². The van der Waals surface area contributed by atoms with E-state index in [-0.39, 0.29) is 24.2 Å². The lowest BCUT2D eigenvalue weighted by Gasteiger charge is -2.02. The number of amides is 1. The number of carbonyl (C=O) groups is 1. The number of nitrogen functional groups attached to an aromatic ring is 1. The Balaban J connectivity index is 1.48. The lowest BCUT2D eigenvalue weighted by atomic mass is 10.2.